The molecule has 0 amide bonds. The zero-order valence-corrected chi connectivity index (χ0v) is 13.0. The van der Waals surface area contributed by atoms with Gasteiger partial charge in [-0.25, -0.2) is 4.98 Å². The molecule has 0 aliphatic carbocycles. The molecule has 3 aromatic rings. The molecule has 0 saturated carbocycles. The smallest absolute Gasteiger partial charge is 0.266 e. The number of thiazole rings is 1. The second-order valence-electron chi connectivity index (χ2n) is 4.59. The molecule has 0 unspecified atom stereocenters. The number of aromatic amines is 1. The van der Waals surface area contributed by atoms with Crippen LogP contribution in [0.15, 0.2) is 34.7 Å². The van der Waals surface area contributed by atoms with Gasteiger partial charge in [-0.3, -0.25) is 9.78 Å². The maximum atomic E-state index is 11.6. The van der Waals surface area contributed by atoms with Crippen molar-refractivity contribution in [1.29, 1.82) is 5.26 Å². The van der Waals surface area contributed by atoms with Crippen LogP contribution in [0.1, 0.15) is 11.3 Å². The highest BCUT2D eigenvalue weighted by Crippen LogP contribution is 2.30. The highest BCUT2D eigenvalue weighted by atomic mass is 35.5. The van der Waals surface area contributed by atoms with E-state index < -0.39 is 5.56 Å². The van der Waals surface area contributed by atoms with Gasteiger partial charge in [0, 0.05) is 34.6 Å². The molecule has 3 heterocycles. The maximum absolute atomic E-state index is 11.6. The standard InChI is InChI=1S/C15H9ClN4OS/c1-8-12(3-9(4-17)14(21)19-8)13-7-22-15(20-13)10-2-11(16)6-18-5-10/h2-3,5-7H,1H3,(H,19,21). The maximum Gasteiger partial charge on any atom is 0.266 e. The van der Waals surface area contributed by atoms with E-state index >= 15 is 0 Å². The van der Waals surface area contributed by atoms with E-state index in [0.29, 0.717) is 16.4 Å². The molecule has 0 atom stereocenters. The Balaban J connectivity index is 2.09. The number of nitrogens with one attached hydrogen (secondary N) is 1. The van der Waals surface area contributed by atoms with E-state index in [-0.39, 0.29) is 5.56 Å². The molecule has 1 N–H and O–H groups in total. The molecule has 0 aromatic carbocycles. The van der Waals surface area contributed by atoms with E-state index in [0.717, 1.165) is 16.1 Å². The molecular weight excluding hydrogens is 320 g/mol. The molecule has 108 valence electrons. The molecule has 0 radical (unpaired) electrons. The van der Waals surface area contributed by atoms with Crippen molar-refractivity contribution in [2.24, 2.45) is 0 Å². The van der Waals surface area contributed by atoms with Gasteiger partial charge in [0.1, 0.15) is 16.6 Å². The monoisotopic (exact) mass is 328 g/mol. The number of rotatable bonds is 2. The van der Waals surface area contributed by atoms with E-state index in [1.807, 2.05) is 11.4 Å². The molecule has 0 aliphatic rings. The summed E-state index contributed by atoms with van der Waals surface area (Å²) in [7, 11) is 0. The van der Waals surface area contributed by atoms with Gasteiger partial charge in [0.25, 0.3) is 5.56 Å². The summed E-state index contributed by atoms with van der Waals surface area (Å²) in [5.41, 5.74) is 2.60. The number of halogens is 1. The van der Waals surface area contributed by atoms with Crippen molar-refractivity contribution in [3.63, 3.8) is 0 Å². The largest absolute Gasteiger partial charge is 0.325 e. The van der Waals surface area contributed by atoms with Gasteiger partial charge in [-0.2, -0.15) is 5.26 Å². The summed E-state index contributed by atoms with van der Waals surface area (Å²) >= 11 is 7.39. The SMILES string of the molecule is Cc1[nH]c(=O)c(C#N)cc1-c1csc(-c2cncc(Cl)c2)n1. The van der Waals surface area contributed by atoms with Gasteiger partial charge in [-0.1, -0.05) is 11.6 Å². The summed E-state index contributed by atoms with van der Waals surface area (Å²) in [6, 6.07) is 5.23. The van der Waals surface area contributed by atoms with E-state index in [9.17, 15) is 4.79 Å². The minimum Gasteiger partial charge on any atom is -0.325 e. The summed E-state index contributed by atoms with van der Waals surface area (Å²) in [5, 5.41) is 12.2. The first-order valence-electron chi connectivity index (χ1n) is 6.29. The Morgan fingerprint density at radius 2 is 2.18 bits per heavy atom. The number of aryl methyl sites for hydroxylation is 1. The van der Waals surface area contributed by atoms with Crippen molar-refractivity contribution >= 4 is 22.9 Å². The third-order valence-electron chi connectivity index (χ3n) is 3.09. The van der Waals surface area contributed by atoms with Crippen LogP contribution in [0.3, 0.4) is 0 Å². The second-order valence-corrected chi connectivity index (χ2v) is 5.89. The lowest BCUT2D eigenvalue weighted by Crippen LogP contribution is -2.11. The van der Waals surface area contributed by atoms with Crippen LogP contribution in [0.25, 0.3) is 21.8 Å². The van der Waals surface area contributed by atoms with Crippen LogP contribution < -0.4 is 5.56 Å². The second kappa shape index (κ2) is 5.72. The van der Waals surface area contributed by atoms with Crippen LogP contribution in [-0.4, -0.2) is 15.0 Å². The lowest BCUT2D eigenvalue weighted by atomic mass is 10.1. The molecule has 7 heteroatoms. The molecule has 3 aromatic heterocycles. The van der Waals surface area contributed by atoms with Crippen molar-refractivity contribution in [3.05, 3.63) is 56.5 Å². The van der Waals surface area contributed by atoms with Gasteiger partial charge in [-0.15, -0.1) is 11.3 Å². The fourth-order valence-corrected chi connectivity index (χ4v) is 3.01. The first-order chi connectivity index (χ1) is 10.6. The Labute approximate surface area is 134 Å². The van der Waals surface area contributed by atoms with Crippen molar-refractivity contribution in [2.75, 3.05) is 0 Å². The highest BCUT2D eigenvalue weighted by molar-refractivity contribution is 7.13. The van der Waals surface area contributed by atoms with Crippen LogP contribution >= 0.6 is 22.9 Å². The van der Waals surface area contributed by atoms with Crippen LogP contribution in [0, 0.1) is 18.3 Å². The molecule has 5 nitrogen and oxygen atoms in total. The fourth-order valence-electron chi connectivity index (χ4n) is 2.03. The zero-order chi connectivity index (χ0) is 15.7. The zero-order valence-electron chi connectivity index (χ0n) is 11.4. The van der Waals surface area contributed by atoms with Gasteiger partial charge in [-0.05, 0) is 19.1 Å². The van der Waals surface area contributed by atoms with E-state index in [2.05, 4.69) is 15.0 Å². The third kappa shape index (κ3) is 2.64. The predicted molar refractivity (Wildman–Crippen MR) is 85.9 cm³/mol. The number of hydrogen-bond acceptors (Lipinski definition) is 5. The Morgan fingerprint density at radius 3 is 2.91 bits per heavy atom. The van der Waals surface area contributed by atoms with Crippen molar-refractivity contribution in [3.8, 4) is 27.9 Å². The van der Waals surface area contributed by atoms with Crippen LogP contribution in [0.4, 0.5) is 0 Å². The Morgan fingerprint density at radius 1 is 1.36 bits per heavy atom. The molecule has 0 saturated heterocycles. The molecule has 0 bridgehead atoms. The number of hydrogen-bond donors (Lipinski definition) is 1. The van der Waals surface area contributed by atoms with Crippen LogP contribution in [0.5, 0.6) is 0 Å². The molecule has 0 fully saturated rings. The quantitative estimate of drug-likeness (QED) is 0.781. The first kappa shape index (κ1) is 14.4. The fraction of sp³-hybridized carbons (Fsp3) is 0.0667. The van der Waals surface area contributed by atoms with E-state index in [4.69, 9.17) is 16.9 Å². The number of nitriles is 1. The van der Waals surface area contributed by atoms with Crippen molar-refractivity contribution < 1.29 is 0 Å². The Hall–Kier alpha value is -2.49. The first-order valence-corrected chi connectivity index (χ1v) is 7.55. The number of aromatic nitrogens is 3. The molecule has 0 spiro atoms. The minimum atomic E-state index is -0.391. The van der Waals surface area contributed by atoms with Gasteiger partial charge < -0.3 is 4.98 Å². The van der Waals surface area contributed by atoms with Crippen LogP contribution in [-0.2, 0) is 0 Å². The normalized spacial score (nSPS) is 10.4. The number of pyridine rings is 2. The average Bonchev–Trinajstić information content (AvgIpc) is 2.97. The number of H-pyrrole nitrogens is 1. The highest BCUT2D eigenvalue weighted by Gasteiger charge is 2.12. The molecule has 22 heavy (non-hydrogen) atoms. The molecule has 0 aliphatic heterocycles. The van der Waals surface area contributed by atoms with Crippen molar-refractivity contribution in [2.45, 2.75) is 6.92 Å². The topological polar surface area (TPSA) is 82.4 Å². The average molecular weight is 329 g/mol. The summed E-state index contributed by atoms with van der Waals surface area (Å²) in [6.45, 7) is 1.78. The summed E-state index contributed by atoms with van der Waals surface area (Å²) in [5.74, 6) is 0. The van der Waals surface area contributed by atoms with Gasteiger partial charge >= 0.3 is 0 Å². The molecule has 3 rings (SSSR count). The van der Waals surface area contributed by atoms with Crippen LogP contribution in [0.2, 0.25) is 5.02 Å². The predicted octanol–water partition coefficient (Wildman–Crippen LogP) is 3.39. The molecular formula is C15H9ClN4OS. The van der Waals surface area contributed by atoms with E-state index in [1.54, 1.807) is 31.5 Å². The lowest BCUT2D eigenvalue weighted by Gasteiger charge is -2.02. The van der Waals surface area contributed by atoms with Gasteiger partial charge in [0.05, 0.1) is 10.7 Å². The van der Waals surface area contributed by atoms with Crippen molar-refractivity contribution in [1.82, 2.24) is 15.0 Å². The summed E-state index contributed by atoms with van der Waals surface area (Å²) < 4.78 is 0. The Kier molecular flexibility index (Phi) is 3.75. The van der Waals surface area contributed by atoms with Gasteiger partial charge in [0.15, 0.2) is 0 Å². The number of nitrogens with zero attached hydrogens (tertiary/aromatic N) is 3. The summed E-state index contributed by atoms with van der Waals surface area (Å²) in [6.07, 6.45) is 3.25. The van der Waals surface area contributed by atoms with E-state index in [1.165, 1.54) is 11.3 Å². The third-order valence-corrected chi connectivity index (χ3v) is 4.19. The Bertz CT molecular complexity index is 955. The van der Waals surface area contributed by atoms with Gasteiger partial charge in [0.2, 0.25) is 0 Å². The summed E-state index contributed by atoms with van der Waals surface area (Å²) in [4.78, 5) is 22.9. The minimum absolute atomic E-state index is 0.0690. The lowest BCUT2D eigenvalue weighted by molar-refractivity contribution is 1.13.